The van der Waals surface area contributed by atoms with Crippen LogP contribution in [0.2, 0.25) is 5.02 Å². The average molecular weight is 646 g/mol. The van der Waals surface area contributed by atoms with Crippen molar-refractivity contribution in [3.8, 4) is 18.0 Å². The predicted octanol–water partition coefficient (Wildman–Crippen LogP) is 4.67. The zero-order valence-corrected chi connectivity index (χ0v) is 26.9. The standard InChI is InChI=1S/C33H36ClN7O3S/c1-3-45(42,43)41-18-17-40(20-24(41)12-14-35)32-26-13-16-39(30-11-5-8-23-7-4-10-29(34)31(23)30)21-28(26)27(19-36)33(37-32)44-22-25-9-6-15-38(25)2/h3-5,7-8,10-11,24-25H,1,6,9,12-13,15-18,20-22H2,2H3/t24?,25-/m0/s1. The van der Waals surface area contributed by atoms with Crippen LogP contribution in [-0.4, -0.2) is 81.1 Å². The Labute approximate surface area is 269 Å². The zero-order chi connectivity index (χ0) is 31.7. The summed E-state index contributed by atoms with van der Waals surface area (Å²) in [6.07, 6.45) is 2.77. The van der Waals surface area contributed by atoms with Gasteiger partial charge in [-0.1, -0.05) is 42.4 Å². The molecule has 0 amide bonds. The monoisotopic (exact) mass is 645 g/mol. The second-order valence-corrected chi connectivity index (χ2v) is 14.1. The number of ether oxygens (including phenoxy) is 1. The molecule has 0 aliphatic carbocycles. The van der Waals surface area contributed by atoms with E-state index in [2.05, 4.69) is 46.5 Å². The molecule has 0 radical (unpaired) electrons. The summed E-state index contributed by atoms with van der Waals surface area (Å²) in [7, 11) is -1.63. The van der Waals surface area contributed by atoms with Crippen LogP contribution in [-0.2, 0) is 23.0 Å². The lowest BCUT2D eigenvalue weighted by molar-refractivity contribution is 0.192. The number of fused-ring (bicyclic) bond motifs is 2. The molecule has 10 nitrogen and oxygen atoms in total. The van der Waals surface area contributed by atoms with Crippen LogP contribution < -0.4 is 14.5 Å². The van der Waals surface area contributed by atoms with Crippen molar-refractivity contribution in [2.45, 2.75) is 44.3 Å². The number of aromatic nitrogens is 1. The van der Waals surface area contributed by atoms with Crippen LogP contribution in [0.4, 0.5) is 11.5 Å². The number of nitriles is 2. The van der Waals surface area contributed by atoms with Crippen molar-refractivity contribution < 1.29 is 13.2 Å². The Morgan fingerprint density at radius 2 is 1.89 bits per heavy atom. The fraction of sp³-hybridized carbons (Fsp3) is 0.424. The minimum atomic E-state index is -3.71. The third-order valence-electron chi connectivity index (χ3n) is 9.30. The molecule has 0 bridgehead atoms. The van der Waals surface area contributed by atoms with E-state index in [1.807, 2.05) is 30.3 Å². The van der Waals surface area contributed by atoms with E-state index in [-0.39, 0.29) is 19.0 Å². The van der Waals surface area contributed by atoms with Crippen LogP contribution in [0, 0.1) is 22.7 Å². The average Bonchev–Trinajstić information content (AvgIpc) is 3.47. The maximum absolute atomic E-state index is 12.8. The van der Waals surface area contributed by atoms with Crippen molar-refractivity contribution in [2.24, 2.45) is 0 Å². The molecular weight excluding hydrogens is 610 g/mol. The summed E-state index contributed by atoms with van der Waals surface area (Å²) in [6.45, 7) is 6.91. The molecule has 1 unspecified atom stereocenters. The molecule has 45 heavy (non-hydrogen) atoms. The van der Waals surface area contributed by atoms with Crippen LogP contribution in [0.25, 0.3) is 10.8 Å². The third kappa shape index (κ3) is 5.94. The first-order valence-electron chi connectivity index (χ1n) is 15.2. The highest BCUT2D eigenvalue weighted by atomic mass is 35.5. The van der Waals surface area contributed by atoms with Crippen molar-refractivity contribution in [3.63, 3.8) is 0 Å². The van der Waals surface area contributed by atoms with Gasteiger partial charge in [-0.2, -0.15) is 19.8 Å². The highest BCUT2D eigenvalue weighted by Crippen LogP contribution is 2.40. The van der Waals surface area contributed by atoms with E-state index in [1.165, 1.54) is 4.31 Å². The number of likely N-dealkylation sites (N-methyl/N-ethyl adjacent to an activating group) is 1. The number of anilines is 2. The first kappa shape index (κ1) is 31.1. The molecular formula is C33H36ClN7O3S. The molecule has 12 heteroatoms. The molecule has 2 saturated heterocycles. The first-order valence-corrected chi connectivity index (χ1v) is 17.1. The number of nitrogens with zero attached hydrogens (tertiary/aromatic N) is 7. The van der Waals surface area contributed by atoms with E-state index in [9.17, 15) is 18.9 Å². The lowest BCUT2D eigenvalue weighted by atomic mass is 9.94. The molecule has 3 aliphatic rings. The van der Waals surface area contributed by atoms with Gasteiger partial charge in [0, 0.05) is 66.4 Å². The highest BCUT2D eigenvalue weighted by molar-refractivity contribution is 7.92. The molecule has 3 aliphatic heterocycles. The molecule has 6 rings (SSSR count). The number of sulfonamides is 1. The molecule has 0 N–H and O–H groups in total. The number of piperazine rings is 1. The van der Waals surface area contributed by atoms with Gasteiger partial charge < -0.3 is 19.4 Å². The first-order chi connectivity index (χ1) is 21.7. The summed E-state index contributed by atoms with van der Waals surface area (Å²) in [4.78, 5) is 11.6. The molecule has 2 atom stereocenters. The van der Waals surface area contributed by atoms with Gasteiger partial charge in [-0.25, -0.2) is 8.42 Å². The smallest absolute Gasteiger partial charge is 0.236 e. The summed E-state index contributed by atoms with van der Waals surface area (Å²) >= 11 is 6.71. The van der Waals surface area contributed by atoms with E-state index >= 15 is 0 Å². The second kappa shape index (κ2) is 12.9. The molecule has 1 aromatic heterocycles. The summed E-state index contributed by atoms with van der Waals surface area (Å²) in [5.41, 5.74) is 3.23. The van der Waals surface area contributed by atoms with Crippen LogP contribution in [0.1, 0.15) is 36.0 Å². The number of rotatable bonds is 8. The van der Waals surface area contributed by atoms with Gasteiger partial charge in [0.25, 0.3) is 0 Å². The fourth-order valence-electron chi connectivity index (χ4n) is 6.91. The van der Waals surface area contributed by atoms with Gasteiger partial charge in [-0.3, -0.25) is 0 Å². The quantitative estimate of drug-likeness (QED) is 0.344. The number of likely N-dealkylation sites (tertiary alicyclic amines) is 1. The van der Waals surface area contributed by atoms with Crippen LogP contribution >= 0.6 is 11.6 Å². The Hall–Kier alpha value is -3.87. The Bertz CT molecular complexity index is 1810. The topological polar surface area (TPSA) is 117 Å². The Morgan fingerprint density at radius 1 is 1.09 bits per heavy atom. The molecule has 2 aromatic carbocycles. The Kier molecular flexibility index (Phi) is 8.89. The maximum Gasteiger partial charge on any atom is 0.236 e. The van der Waals surface area contributed by atoms with Crippen LogP contribution in [0.3, 0.4) is 0 Å². The third-order valence-corrected chi connectivity index (χ3v) is 11.2. The second-order valence-electron chi connectivity index (χ2n) is 11.8. The van der Waals surface area contributed by atoms with Gasteiger partial charge in [0.05, 0.1) is 23.6 Å². The molecule has 2 fully saturated rings. The Morgan fingerprint density at radius 3 is 2.60 bits per heavy atom. The summed E-state index contributed by atoms with van der Waals surface area (Å²) < 4.78 is 33.3. The summed E-state index contributed by atoms with van der Waals surface area (Å²) in [5.74, 6) is 0.982. The molecule has 234 valence electrons. The molecule has 4 heterocycles. The SMILES string of the molecule is C=CS(=O)(=O)N1CCN(c2nc(OC[C@@H]3CCCN3C)c(C#N)c3c2CCN(c2cccc4cccc(Cl)c24)C3)CC1CC#N. The van der Waals surface area contributed by atoms with E-state index in [1.54, 1.807) is 0 Å². The van der Waals surface area contributed by atoms with Crippen molar-refractivity contribution in [3.05, 3.63) is 70.1 Å². The van der Waals surface area contributed by atoms with E-state index < -0.39 is 16.1 Å². The van der Waals surface area contributed by atoms with Crippen molar-refractivity contribution in [2.75, 3.05) is 56.2 Å². The van der Waals surface area contributed by atoms with Gasteiger partial charge in [0.1, 0.15) is 24.1 Å². The minimum Gasteiger partial charge on any atom is -0.475 e. The van der Waals surface area contributed by atoms with E-state index in [0.717, 1.165) is 52.4 Å². The van der Waals surface area contributed by atoms with Crippen molar-refractivity contribution in [1.82, 2.24) is 14.2 Å². The lowest BCUT2D eigenvalue weighted by Gasteiger charge is -2.41. The normalized spacial score (nSPS) is 20.9. The Balaban J connectivity index is 1.41. The van der Waals surface area contributed by atoms with E-state index in [4.69, 9.17) is 21.3 Å². The zero-order valence-electron chi connectivity index (χ0n) is 25.3. The number of benzene rings is 2. The fourth-order valence-corrected chi connectivity index (χ4v) is 8.28. The number of hydrogen-bond donors (Lipinski definition) is 0. The largest absolute Gasteiger partial charge is 0.475 e. The van der Waals surface area contributed by atoms with Gasteiger partial charge in [-0.15, -0.1) is 0 Å². The van der Waals surface area contributed by atoms with Gasteiger partial charge in [0.15, 0.2) is 0 Å². The number of pyridine rings is 1. The van der Waals surface area contributed by atoms with Crippen LogP contribution in [0.15, 0.2) is 48.4 Å². The minimum absolute atomic E-state index is 0.0367. The molecule has 0 spiro atoms. The van der Waals surface area contributed by atoms with Gasteiger partial charge in [0.2, 0.25) is 15.9 Å². The molecule has 0 saturated carbocycles. The summed E-state index contributed by atoms with van der Waals surface area (Å²) in [5, 5.41) is 23.7. The molecule has 3 aromatic rings. The van der Waals surface area contributed by atoms with Gasteiger partial charge in [-0.05, 0) is 50.4 Å². The maximum atomic E-state index is 12.8. The van der Waals surface area contributed by atoms with Crippen molar-refractivity contribution >= 4 is 43.9 Å². The lowest BCUT2D eigenvalue weighted by Crippen LogP contribution is -2.55. The predicted molar refractivity (Wildman–Crippen MR) is 176 cm³/mol. The number of halogens is 1. The van der Waals surface area contributed by atoms with Crippen LogP contribution in [0.5, 0.6) is 5.88 Å². The summed E-state index contributed by atoms with van der Waals surface area (Å²) in [6, 6.07) is 16.2. The highest BCUT2D eigenvalue weighted by Gasteiger charge is 2.37. The van der Waals surface area contributed by atoms with Gasteiger partial charge >= 0.3 is 0 Å². The van der Waals surface area contributed by atoms with Crippen molar-refractivity contribution in [1.29, 1.82) is 10.5 Å². The number of hydrogen-bond acceptors (Lipinski definition) is 9. The van der Waals surface area contributed by atoms with E-state index in [0.29, 0.717) is 61.5 Å².